The molecule has 0 bridgehead atoms. The van der Waals surface area contributed by atoms with Crippen LogP contribution in [0, 0.1) is 11.7 Å². The van der Waals surface area contributed by atoms with Crippen molar-refractivity contribution in [1.82, 2.24) is 5.32 Å². The summed E-state index contributed by atoms with van der Waals surface area (Å²) in [4.78, 5) is 11.8. The number of sulfonamides is 1. The van der Waals surface area contributed by atoms with E-state index in [1.54, 1.807) is 0 Å². The number of fused-ring (bicyclic) bond motifs is 1. The fraction of sp³-hybridized carbons (Fsp3) is 0.562. The van der Waals surface area contributed by atoms with Gasteiger partial charge in [-0.3, -0.25) is 9.52 Å². The van der Waals surface area contributed by atoms with Gasteiger partial charge in [-0.05, 0) is 49.8 Å². The lowest BCUT2D eigenvalue weighted by Gasteiger charge is -2.20. The second kappa shape index (κ2) is 6.68. The minimum Gasteiger partial charge on any atom is -0.377 e. The first-order valence-corrected chi connectivity index (χ1v) is 9.77. The number of carbonyl (C=O) groups excluding carboxylic acids is 1. The Hall–Kier alpha value is -1.67. The van der Waals surface area contributed by atoms with Crippen molar-refractivity contribution in [1.29, 1.82) is 0 Å². The zero-order valence-corrected chi connectivity index (χ0v) is 14.3. The fourth-order valence-corrected chi connectivity index (χ4v) is 4.32. The molecule has 3 rings (SSSR count). The minimum absolute atomic E-state index is 0.197. The van der Waals surface area contributed by atoms with Gasteiger partial charge in [-0.25, -0.2) is 12.8 Å². The monoisotopic (exact) mass is 356 g/mol. The average molecular weight is 356 g/mol. The zero-order chi connectivity index (χ0) is 17.3. The van der Waals surface area contributed by atoms with Crippen LogP contribution in [0.3, 0.4) is 0 Å². The Morgan fingerprint density at radius 3 is 2.83 bits per heavy atom. The molecule has 0 aromatic heterocycles. The molecule has 1 heterocycles. The van der Waals surface area contributed by atoms with E-state index in [-0.39, 0.29) is 29.4 Å². The van der Waals surface area contributed by atoms with Gasteiger partial charge in [0.2, 0.25) is 10.0 Å². The molecule has 24 heavy (non-hydrogen) atoms. The van der Waals surface area contributed by atoms with Gasteiger partial charge in [0.1, 0.15) is 5.82 Å². The van der Waals surface area contributed by atoms with E-state index < -0.39 is 15.8 Å². The highest BCUT2D eigenvalue weighted by Crippen LogP contribution is 2.35. The summed E-state index contributed by atoms with van der Waals surface area (Å²) in [5.41, 5.74) is 0.699. The van der Waals surface area contributed by atoms with Crippen molar-refractivity contribution in [3.8, 4) is 0 Å². The van der Waals surface area contributed by atoms with Crippen LogP contribution >= 0.6 is 0 Å². The molecule has 132 valence electrons. The molecule has 2 N–H and O–H groups in total. The summed E-state index contributed by atoms with van der Waals surface area (Å²) in [7, 11) is -3.77. The van der Waals surface area contributed by atoms with Crippen LogP contribution in [-0.4, -0.2) is 39.3 Å². The standard InChI is InChI=1S/C16H21FN2O4S/c1-2-23-15(10-3-4-10)9-24(21,22)19-14-8-12-11(7-13(14)17)5-6-18-16(12)20/h7-8,10,15,19H,2-6,9H2,1H3,(H,18,20). The van der Waals surface area contributed by atoms with Crippen LogP contribution < -0.4 is 10.0 Å². The maximum Gasteiger partial charge on any atom is 0.251 e. The van der Waals surface area contributed by atoms with Crippen LogP contribution in [0.15, 0.2) is 12.1 Å². The highest BCUT2D eigenvalue weighted by molar-refractivity contribution is 7.92. The lowest BCUT2D eigenvalue weighted by atomic mass is 9.99. The summed E-state index contributed by atoms with van der Waals surface area (Å²) >= 11 is 0. The van der Waals surface area contributed by atoms with Gasteiger partial charge in [0.25, 0.3) is 5.91 Å². The smallest absolute Gasteiger partial charge is 0.251 e. The molecule has 1 saturated carbocycles. The van der Waals surface area contributed by atoms with E-state index in [0.29, 0.717) is 30.7 Å². The molecule has 1 aliphatic heterocycles. The number of rotatable bonds is 7. The number of amides is 1. The van der Waals surface area contributed by atoms with Crippen molar-refractivity contribution in [2.45, 2.75) is 32.3 Å². The Bertz CT molecular complexity index is 747. The van der Waals surface area contributed by atoms with Gasteiger partial charge in [-0.2, -0.15) is 0 Å². The highest BCUT2D eigenvalue weighted by atomic mass is 32.2. The predicted octanol–water partition coefficient (Wildman–Crippen LogP) is 1.67. The van der Waals surface area contributed by atoms with Gasteiger partial charge >= 0.3 is 0 Å². The van der Waals surface area contributed by atoms with E-state index in [9.17, 15) is 17.6 Å². The molecule has 1 aromatic rings. The van der Waals surface area contributed by atoms with Gasteiger partial charge in [0.05, 0.1) is 17.5 Å². The van der Waals surface area contributed by atoms with Crippen molar-refractivity contribution < 1.29 is 22.3 Å². The number of ether oxygens (including phenoxy) is 1. The summed E-state index contributed by atoms with van der Waals surface area (Å²) in [6.07, 6.45) is 2.05. The molecule has 0 radical (unpaired) electrons. The molecule has 0 saturated heterocycles. The van der Waals surface area contributed by atoms with Crippen LogP contribution in [0.1, 0.15) is 35.7 Å². The van der Waals surface area contributed by atoms with E-state index in [4.69, 9.17) is 4.74 Å². The molecule has 2 aliphatic rings. The van der Waals surface area contributed by atoms with E-state index >= 15 is 0 Å². The number of halogens is 1. The Morgan fingerprint density at radius 1 is 1.42 bits per heavy atom. The number of benzene rings is 1. The number of anilines is 1. The van der Waals surface area contributed by atoms with Crippen LogP contribution in [0.2, 0.25) is 0 Å². The van der Waals surface area contributed by atoms with Crippen molar-refractivity contribution in [2.75, 3.05) is 23.6 Å². The molecule has 8 heteroatoms. The van der Waals surface area contributed by atoms with E-state index in [1.165, 1.54) is 12.1 Å². The molecule has 1 aromatic carbocycles. The molecule has 1 unspecified atom stereocenters. The summed E-state index contributed by atoms with van der Waals surface area (Å²) < 4.78 is 46.7. The van der Waals surface area contributed by atoms with Crippen molar-refractivity contribution in [3.05, 3.63) is 29.1 Å². The second-order valence-electron chi connectivity index (χ2n) is 6.21. The van der Waals surface area contributed by atoms with Gasteiger partial charge in [-0.15, -0.1) is 0 Å². The van der Waals surface area contributed by atoms with Crippen molar-refractivity contribution in [3.63, 3.8) is 0 Å². The largest absolute Gasteiger partial charge is 0.377 e. The fourth-order valence-electron chi connectivity index (χ4n) is 2.94. The normalized spacial score (nSPS) is 18.7. The molecule has 1 amide bonds. The third kappa shape index (κ3) is 3.87. The number of carbonyl (C=O) groups is 1. The maximum atomic E-state index is 14.2. The summed E-state index contributed by atoms with van der Waals surface area (Å²) in [5, 5.41) is 2.66. The maximum absolute atomic E-state index is 14.2. The van der Waals surface area contributed by atoms with E-state index in [1.807, 2.05) is 6.92 Å². The summed E-state index contributed by atoms with van der Waals surface area (Å²) in [5.74, 6) is -0.956. The number of nitrogens with one attached hydrogen (secondary N) is 2. The molecule has 0 spiro atoms. The van der Waals surface area contributed by atoms with Crippen LogP contribution in [0.4, 0.5) is 10.1 Å². The second-order valence-corrected chi connectivity index (χ2v) is 7.98. The third-order valence-corrected chi connectivity index (χ3v) is 5.59. The lowest BCUT2D eigenvalue weighted by Crippen LogP contribution is -2.33. The first kappa shape index (κ1) is 17.2. The molecule has 1 fully saturated rings. The topological polar surface area (TPSA) is 84.5 Å². The quantitative estimate of drug-likeness (QED) is 0.778. The van der Waals surface area contributed by atoms with Crippen LogP contribution in [0.5, 0.6) is 0 Å². The first-order valence-electron chi connectivity index (χ1n) is 8.12. The average Bonchev–Trinajstić information content (AvgIpc) is 3.33. The highest BCUT2D eigenvalue weighted by Gasteiger charge is 2.35. The summed E-state index contributed by atoms with van der Waals surface area (Å²) in [6.45, 7) is 2.70. The molecular weight excluding hydrogens is 335 g/mol. The zero-order valence-electron chi connectivity index (χ0n) is 13.5. The molecule has 6 nitrogen and oxygen atoms in total. The number of hydrogen-bond donors (Lipinski definition) is 2. The van der Waals surface area contributed by atoms with Gasteiger partial charge in [0, 0.05) is 18.7 Å². The number of hydrogen-bond acceptors (Lipinski definition) is 4. The van der Waals surface area contributed by atoms with Gasteiger partial charge < -0.3 is 10.1 Å². The Balaban J connectivity index is 1.79. The van der Waals surface area contributed by atoms with Crippen LogP contribution in [-0.2, 0) is 21.2 Å². The third-order valence-electron chi connectivity index (χ3n) is 4.30. The Morgan fingerprint density at radius 2 is 2.17 bits per heavy atom. The molecule has 1 aliphatic carbocycles. The first-order chi connectivity index (χ1) is 11.4. The van der Waals surface area contributed by atoms with Crippen molar-refractivity contribution in [2.24, 2.45) is 5.92 Å². The predicted molar refractivity (Wildman–Crippen MR) is 88.0 cm³/mol. The van der Waals surface area contributed by atoms with Gasteiger partial charge in [-0.1, -0.05) is 0 Å². The van der Waals surface area contributed by atoms with E-state index in [0.717, 1.165) is 12.8 Å². The summed E-state index contributed by atoms with van der Waals surface area (Å²) in [6, 6.07) is 2.50. The minimum atomic E-state index is -3.77. The Labute approximate surface area is 140 Å². The van der Waals surface area contributed by atoms with E-state index in [2.05, 4.69) is 10.0 Å². The molecule has 1 atom stereocenters. The Kier molecular flexibility index (Phi) is 4.78. The molecular formula is C16H21FN2O4S. The SMILES string of the molecule is CCOC(CS(=O)(=O)Nc1cc2c(cc1F)CCNC2=O)C1CC1. The lowest BCUT2D eigenvalue weighted by molar-refractivity contribution is 0.0632. The van der Waals surface area contributed by atoms with Crippen LogP contribution in [0.25, 0.3) is 0 Å². The van der Waals surface area contributed by atoms with Crippen molar-refractivity contribution >= 4 is 21.6 Å². The van der Waals surface area contributed by atoms with Gasteiger partial charge in [0.15, 0.2) is 0 Å².